The van der Waals surface area contributed by atoms with Gasteiger partial charge in [0.15, 0.2) is 0 Å². The third-order valence-electron chi connectivity index (χ3n) is 4.26. The molecule has 0 amide bonds. The second-order valence-electron chi connectivity index (χ2n) is 6.30. The first-order valence-corrected chi connectivity index (χ1v) is 8.81. The van der Waals surface area contributed by atoms with Crippen LogP contribution in [0.2, 0.25) is 0 Å². The van der Waals surface area contributed by atoms with E-state index in [0.717, 1.165) is 37.4 Å². The Hall–Kier alpha value is -0.520. The number of hydrogen-bond acceptors (Lipinski definition) is 4. The average molecular weight is 295 g/mol. The number of ether oxygens (including phenoxy) is 1. The Morgan fingerprint density at radius 2 is 2.50 bits per heavy atom. The molecule has 1 spiro atoms. The Morgan fingerprint density at radius 1 is 1.60 bits per heavy atom. The summed E-state index contributed by atoms with van der Waals surface area (Å²) in [6.45, 7) is 6.06. The minimum absolute atomic E-state index is 0.135. The summed E-state index contributed by atoms with van der Waals surface area (Å²) >= 11 is 2.03. The highest BCUT2D eigenvalue weighted by Gasteiger charge is 2.41. The first kappa shape index (κ1) is 14.4. The topological polar surface area (TPSA) is 39.1 Å². The van der Waals surface area contributed by atoms with Crippen LogP contribution >= 0.6 is 11.8 Å². The predicted molar refractivity (Wildman–Crippen MR) is 83.1 cm³/mol. The quantitative estimate of drug-likeness (QED) is 0.927. The third-order valence-corrected chi connectivity index (χ3v) is 5.49. The number of hydrogen-bond donors (Lipinski definition) is 1. The Morgan fingerprint density at radius 3 is 3.25 bits per heavy atom. The minimum atomic E-state index is 0.135. The summed E-state index contributed by atoms with van der Waals surface area (Å²) in [4.78, 5) is 0. The number of thioether (sulfide) groups is 1. The molecule has 0 saturated carbocycles. The summed E-state index contributed by atoms with van der Waals surface area (Å²) < 4.78 is 8.26. The molecule has 2 saturated heterocycles. The molecule has 1 aromatic rings. The molecule has 3 rings (SSSR count). The smallest absolute Gasteiger partial charge is 0.0800 e. The fourth-order valence-corrected chi connectivity index (χ4v) is 4.45. The normalized spacial score (nSPS) is 30.4. The van der Waals surface area contributed by atoms with Gasteiger partial charge < -0.3 is 10.1 Å². The number of nitrogens with one attached hydrogen (secondary N) is 1. The van der Waals surface area contributed by atoms with E-state index in [9.17, 15) is 0 Å². The van der Waals surface area contributed by atoms with Gasteiger partial charge >= 0.3 is 0 Å². The van der Waals surface area contributed by atoms with Gasteiger partial charge in [-0.2, -0.15) is 16.9 Å². The molecule has 2 fully saturated rings. The first-order chi connectivity index (χ1) is 9.67. The van der Waals surface area contributed by atoms with Gasteiger partial charge in [-0.15, -0.1) is 0 Å². The van der Waals surface area contributed by atoms with Crippen molar-refractivity contribution in [3.63, 3.8) is 0 Å². The fourth-order valence-electron chi connectivity index (χ4n) is 3.07. The summed E-state index contributed by atoms with van der Waals surface area (Å²) in [5.74, 6) is 2.40. The van der Waals surface area contributed by atoms with E-state index in [2.05, 4.69) is 36.1 Å². The van der Waals surface area contributed by atoms with Crippen LogP contribution in [0.3, 0.4) is 0 Å². The van der Waals surface area contributed by atoms with Crippen molar-refractivity contribution in [2.24, 2.45) is 0 Å². The van der Waals surface area contributed by atoms with Crippen LogP contribution in [0.25, 0.3) is 0 Å². The molecule has 2 unspecified atom stereocenters. The maximum atomic E-state index is 6.09. The standard InChI is InChI=1S/C15H25N3OS/c1-12(2)16-10-13-3-6-18(17-13)14-4-7-19-15(9-14)5-8-20-11-15/h3,6,12,14,16H,4-5,7-11H2,1-2H3. The van der Waals surface area contributed by atoms with Gasteiger partial charge in [0, 0.05) is 31.1 Å². The predicted octanol–water partition coefficient (Wildman–Crippen LogP) is 2.61. The van der Waals surface area contributed by atoms with E-state index in [1.807, 2.05) is 11.8 Å². The molecule has 2 aliphatic rings. The lowest BCUT2D eigenvalue weighted by Gasteiger charge is -2.37. The van der Waals surface area contributed by atoms with E-state index >= 15 is 0 Å². The van der Waals surface area contributed by atoms with Crippen molar-refractivity contribution < 1.29 is 4.74 Å². The van der Waals surface area contributed by atoms with E-state index < -0.39 is 0 Å². The number of aromatic nitrogens is 2. The molecule has 2 aliphatic heterocycles. The summed E-state index contributed by atoms with van der Waals surface area (Å²) in [5.41, 5.74) is 1.27. The lowest BCUT2D eigenvalue weighted by Crippen LogP contribution is -2.40. The highest BCUT2D eigenvalue weighted by Crippen LogP contribution is 2.41. The third kappa shape index (κ3) is 3.21. The van der Waals surface area contributed by atoms with Gasteiger partial charge in [-0.1, -0.05) is 13.8 Å². The van der Waals surface area contributed by atoms with Crippen LogP contribution in [0.1, 0.15) is 44.8 Å². The molecule has 20 heavy (non-hydrogen) atoms. The number of nitrogens with zero attached hydrogens (tertiary/aromatic N) is 2. The fraction of sp³-hybridized carbons (Fsp3) is 0.800. The summed E-state index contributed by atoms with van der Waals surface area (Å²) in [5, 5.41) is 8.18. The highest BCUT2D eigenvalue weighted by atomic mass is 32.2. The molecule has 3 heterocycles. The molecule has 2 atom stereocenters. The van der Waals surface area contributed by atoms with Gasteiger partial charge in [0.05, 0.1) is 17.3 Å². The van der Waals surface area contributed by atoms with Gasteiger partial charge in [-0.05, 0) is 31.1 Å². The molecular weight excluding hydrogens is 270 g/mol. The van der Waals surface area contributed by atoms with Crippen LogP contribution in [0, 0.1) is 0 Å². The molecule has 4 nitrogen and oxygen atoms in total. The van der Waals surface area contributed by atoms with E-state index in [-0.39, 0.29) is 5.60 Å². The Balaban J connectivity index is 1.63. The maximum absolute atomic E-state index is 6.09. The van der Waals surface area contributed by atoms with E-state index in [0.29, 0.717) is 12.1 Å². The largest absolute Gasteiger partial charge is 0.374 e. The Bertz CT molecular complexity index is 440. The lowest BCUT2D eigenvalue weighted by atomic mass is 9.90. The van der Waals surface area contributed by atoms with Gasteiger partial charge in [0.25, 0.3) is 0 Å². The Kier molecular flexibility index (Phi) is 4.38. The monoisotopic (exact) mass is 295 g/mol. The zero-order valence-corrected chi connectivity index (χ0v) is 13.3. The molecule has 0 bridgehead atoms. The van der Waals surface area contributed by atoms with Crippen LogP contribution in [0.15, 0.2) is 12.3 Å². The van der Waals surface area contributed by atoms with E-state index in [1.165, 1.54) is 12.2 Å². The van der Waals surface area contributed by atoms with E-state index in [4.69, 9.17) is 9.84 Å². The second-order valence-corrected chi connectivity index (χ2v) is 7.41. The van der Waals surface area contributed by atoms with Crippen LogP contribution in [-0.2, 0) is 11.3 Å². The molecule has 0 aliphatic carbocycles. The van der Waals surface area contributed by atoms with Crippen molar-refractivity contribution in [3.05, 3.63) is 18.0 Å². The summed E-state index contributed by atoms with van der Waals surface area (Å²) in [6.07, 6.45) is 5.56. The highest BCUT2D eigenvalue weighted by molar-refractivity contribution is 7.99. The van der Waals surface area contributed by atoms with Gasteiger partial charge in [-0.25, -0.2) is 0 Å². The SMILES string of the molecule is CC(C)NCc1ccn(C2CCOC3(CCSC3)C2)n1. The molecule has 5 heteroatoms. The zero-order valence-electron chi connectivity index (χ0n) is 12.5. The molecular formula is C15H25N3OS. The number of rotatable bonds is 4. The van der Waals surface area contributed by atoms with Gasteiger partial charge in [0.2, 0.25) is 0 Å². The van der Waals surface area contributed by atoms with Crippen molar-refractivity contribution in [2.75, 3.05) is 18.1 Å². The summed E-state index contributed by atoms with van der Waals surface area (Å²) in [7, 11) is 0. The molecule has 0 radical (unpaired) electrons. The van der Waals surface area contributed by atoms with E-state index in [1.54, 1.807) is 0 Å². The maximum Gasteiger partial charge on any atom is 0.0800 e. The average Bonchev–Trinajstić information content (AvgIpc) is 3.06. The van der Waals surface area contributed by atoms with Crippen molar-refractivity contribution in [1.82, 2.24) is 15.1 Å². The molecule has 1 N–H and O–H groups in total. The zero-order chi connectivity index (χ0) is 14.0. The van der Waals surface area contributed by atoms with Crippen molar-refractivity contribution in [1.29, 1.82) is 0 Å². The second kappa shape index (κ2) is 6.08. The van der Waals surface area contributed by atoms with Gasteiger partial charge in [-0.3, -0.25) is 4.68 Å². The van der Waals surface area contributed by atoms with Crippen molar-refractivity contribution >= 4 is 11.8 Å². The summed E-state index contributed by atoms with van der Waals surface area (Å²) in [6, 6.07) is 3.15. The Labute approximate surface area is 125 Å². The van der Waals surface area contributed by atoms with Crippen LogP contribution < -0.4 is 5.32 Å². The van der Waals surface area contributed by atoms with Gasteiger partial charge in [0.1, 0.15) is 0 Å². The van der Waals surface area contributed by atoms with Crippen LogP contribution in [0.5, 0.6) is 0 Å². The molecule has 0 aromatic carbocycles. The van der Waals surface area contributed by atoms with Crippen LogP contribution in [0.4, 0.5) is 0 Å². The van der Waals surface area contributed by atoms with Crippen molar-refractivity contribution in [2.45, 2.75) is 57.3 Å². The van der Waals surface area contributed by atoms with Crippen molar-refractivity contribution in [3.8, 4) is 0 Å². The van der Waals surface area contributed by atoms with Crippen LogP contribution in [-0.4, -0.2) is 39.5 Å². The molecule has 112 valence electrons. The minimum Gasteiger partial charge on any atom is -0.374 e. The first-order valence-electron chi connectivity index (χ1n) is 7.66. The molecule has 1 aromatic heterocycles. The lowest BCUT2D eigenvalue weighted by molar-refractivity contribution is -0.0778.